The minimum absolute atomic E-state index is 0.0776. The number of para-hydroxylation sites is 2. The molecule has 21 heavy (non-hydrogen) atoms. The second-order valence-corrected chi connectivity index (χ2v) is 5.96. The van der Waals surface area contributed by atoms with Gasteiger partial charge in [-0.05, 0) is 24.3 Å². The van der Waals surface area contributed by atoms with Crippen molar-refractivity contribution in [3.8, 4) is 0 Å². The van der Waals surface area contributed by atoms with E-state index in [0.29, 0.717) is 11.8 Å². The first-order valence-corrected chi connectivity index (χ1v) is 7.21. The van der Waals surface area contributed by atoms with Gasteiger partial charge in [0.25, 0.3) is 5.69 Å². The molecule has 2 atom stereocenters. The van der Waals surface area contributed by atoms with E-state index in [1.807, 2.05) is 0 Å². The number of rotatable bonds is 4. The predicted octanol–water partition coefficient (Wildman–Crippen LogP) is 2.51. The third-order valence-electron chi connectivity index (χ3n) is 3.69. The van der Waals surface area contributed by atoms with Crippen molar-refractivity contribution >= 4 is 17.3 Å². The first-order valence-electron chi connectivity index (χ1n) is 7.21. The second-order valence-electron chi connectivity index (χ2n) is 5.96. The third kappa shape index (κ3) is 4.26. The van der Waals surface area contributed by atoms with Crippen molar-refractivity contribution in [2.24, 2.45) is 11.8 Å². The van der Waals surface area contributed by atoms with Gasteiger partial charge in [-0.1, -0.05) is 26.0 Å². The number of nitrogens with one attached hydrogen (secondary N) is 1. The molecule has 1 aliphatic rings. The van der Waals surface area contributed by atoms with Crippen LogP contribution < -0.4 is 5.32 Å². The van der Waals surface area contributed by atoms with E-state index in [1.54, 1.807) is 18.2 Å². The van der Waals surface area contributed by atoms with E-state index >= 15 is 0 Å². The van der Waals surface area contributed by atoms with Gasteiger partial charge in [0.1, 0.15) is 5.69 Å². The molecule has 2 rings (SSSR count). The van der Waals surface area contributed by atoms with E-state index in [-0.39, 0.29) is 23.8 Å². The highest BCUT2D eigenvalue weighted by atomic mass is 16.6. The van der Waals surface area contributed by atoms with Crippen molar-refractivity contribution in [1.29, 1.82) is 0 Å². The molecule has 6 nitrogen and oxygen atoms in total. The Hall–Kier alpha value is -1.95. The number of carbonyl (C=O) groups excluding carboxylic acids is 1. The summed E-state index contributed by atoms with van der Waals surface area (Å²) < 4.78 is 0. The summed E-state index contributed by atoms with van der Waals surface area (Å²) >= 11 is 0. The number of benzene rings is 1. The summed E-state index contributed by atoms with van der Waals surface area (Å²) in [6.07, 6.45) is 1.18. The molecule has 114 valence electrons. The number of hydrogen-bond donors (Lipinski definition) is 1. The Morgan fingerprint density at radius 3 is 2.57 bits per heavy atom. The Bertz CT molecular complexity index is 523. The van der Waals surface area contributed by atoms with Gasteiger partial charge in [-0.25, -0.2) is 0 Å². The number of nitrogens with zero attached hydrogens (tertiary/aromatic N) is 2. The molecular weight excluding hydrogens is 270 g/mol. The van der Waals surface area contributed by atoms with Crippen LogP contribution in [0.1, 0.15) is 20.3 Å². The standard InChI is InChI=1S/C15H21N3O3/c1-11-7-12(2)9-17(8-11)10-15(19)16-13-5-3-4-6-14(13)18(20)21/h3-6,11-12H,7-10H2,1-2H3,(H,16,19)/t11-,12-/m0/s1. The number of likely N-dealkylation sites (tertiary alicyclic amines) is 1. The molecular formula is C15H21N3O3. The van der Waals surface area contributed by atoms with Crippen LogP contribution in [0.2, 0.25) is 0 Å². The number of hydrogen-bond acceptors (Lipinski definition) is 4. The molecule has 0 aliphatic carbocycles. The Balaban J connectivity index is 1.97. The van der Waals surface area contributed by atoms with Gasteiger partial charge in [-0.2, -0.15) is 0 Å². The lowest BCUT2D eigenvalue weighted by Crippen LogP contribution is -2.42. The van der Waals surface area contributed by atoms with Crippen molar-refractivity contribution in [3.63, 3.8) is 0 Å². The van der Waals surface area contributed by atoms with Crippen LogP contribution in [0.4, 0.5) is 11.4 Å². The molecule has 0 unspecified atom stereocenters. The molecule has 1 aliphatic heterocycles. The maximum absolute atomic E-state index is 12.1. The molecule has 1 aromatic carbocycles. The van der Waals surface area contributed by atoms with Crippen molar-refractivity contribution in [2.45, 2.75) is 20.3 Å². The topological polar surface area (TPSA) is 75.5 Å². The van der Waals surface area contributed by atoms with Gasteiger partial charge in [-0.3, -0.25) is 19.8 Å². The van der Waals surface area contributed by atoms with Crippen LogP contribution in [0.3, 0.4) is 0 Å². The number of nitro groups is 1. The van der Waals surface area contributed by atoms with Crippen LogP contribution >= 0.6 is 0 Å². The normalized spacial score (nSPS) is 22.8. The van der Waals surface area contributed by atoms with Gasteiger partial charge in [0.15, 0.2) is 0 Å². The van der Waals surface area contributed by atoms with Gasteiger partial charge in [0, 0.05) is 19.2 Å². The van der Waals surface area contributed by atoms with Crippen LogP contribution in [0.5, 0.6) is 0 Å². The Morgan fingerprint density at radius 1 is 1.33 bits per heavy atom. The summed E-state index contributed by atoms with van der Waals surface area (Å²) in [5.74, 6) is 0.950. The van der Waals surface area contributed by atoms with Crippen LogP contribution in [0.15, 0.2) is 24.3 Å². The average molecular weight is 291 g/mol. The molecule has 1 aromatic rings. The van der Waals surface area contributed by atoms with Crippen molar-refractivity contribution in [3.05, 3.63) is 34.4 Å². The van der Waals surface area contributed by atoms with Crippen molar-refractivity contribution in [1.82, 2.24) is 4.90 Å². The third-order valence-corrected chi connectivity index (χ3v) is 3.69. The van der Waals surface area contributed by atoms with Gasteiger partial charge in [-0.15, -0.1) is 0 Å². The molecule has 1 heterocycles. The molecule has 1 saturated heterocycles. The molecule has 1 fully saturated rings. The maximum Gasteiger partial charge on any atom is 0.292 e. The minimum atomic E-state index is -0.485. The van der Waals surface area contributed by atoms with E-state index < -0.39 is 4.92 Å². The number of amides is 1. The minimum Gasteiger partial charge on any atom is -0.319 e. The molecule has 0 aromatic heterocycles. The molecule has 0 bridgehead atoms. The Morgan fingerprint density at radius 2 is 1.95 bits per heavy atom. The number of anilines is 1. The predicted molar refractivity (Wildman–Crippen MR) is 81.1 cm³/mol. The van der Waals surface area contributed by atoms with Crippen LogP contribution in [-0.2, 0) is 4.79 Å². The summed E-state index contributed by atoms with van der Waals surface area (Å²) in [4.78, 5) is 24.6. The highest BCUT2D eigenvalue weighted by Gasteiger charge is 2.24. The fourth-order valence-corrected chi connectivity index (χ4v) is 3.05. The van der Waals surface area contributed by atoms with Crippen molar-refractivity contribution in [2.75, 3.05) is 25.0 Å². The first-order chi connectivity index (χ1) is 9.95. The SMILES string of the molecule is C[C@H]1C[C@H](C)CN(CC(=O)Nc2ccccc2[N+](=O)[O-])C1. The highest BCUT2D eigenvalue weighted by molar-refractivity contribution is 5.94. The highest BCUT2D eigenvalue weighted by Crippen LogP contribution is 2.24. The molecule has 6 heteroatoms. The monoisotopic (exact) mass is 291 g/mol. The molecule has 0 radical (unpaired) electrons. The van der Waals surface area contributed by atoms with Gasteiger partial charge in [0.2, 0.25) is 5.91 Å². The zero-order valence-corrected chi connectivity index (χ0v) is 12.4. The van der Waals surface area contributed by atoms with Crippen molar-refractivity contribution < 1.29 is 9.72 Å². The summed E-state index contributed by atoms with van der Waals surface area (Å²) in [6, 6.07) is 6.20. The van der Waals surface area contributed by atoms with Crippen LogP contribution in [0, 0.1) is 22.0 Å². The average Bonchev–Trinajstić information content (AvgIpc) is 2.37. The van der Waals surface area contributed by atoms with E-state index in [1.165, 1.54) is 12.5 Å². The van der Waals surface area contributed by atoms with E-state index in [0.717, 1.165) is 13.1 Å². The summed E-state index contributed by atoms with van der Waals surface area (Å²) in [5.41, 5.74) is 0.178. The van der Waals surface area contributed by atoms with E-state index in [2.05, 4.69) is 24.1 Å². The lowest BCUT2D eigenvalue weighted by molar-refractivity contribution is -0.383. The Labute approximate surface area is 124 Å². The quantitative estimate of drug-likeness (QED) is 0.683. The van der Waals surface area contributed by atoms with Crippen LogP contribution in [-0.4, -0.2) is 35.4 Å². The molecule has 0 saturated carbocycles. The summed E-state index contributed by atoms with van der Waals surface area (Å²) in [5, 5.41) is 13.6. The number of carbonyl (C=O) groups is 1. The van der Waals surface area contributed by atoms with Gasteiger partial charge >= 0.3 is 0 Å². The molecule has 1 amide bonds. The summed E-state index contributed by atoms with van der Waals surface area (Å²) in [7, 11) is 0. The largest absolute Gasteiger partial charge is 0.319 e. The van der Waals surface area contributed by atoms with Crippen LogP contribution in [0.25, 0.3) is 0 Å². The maximum atomic E-state index is 12.1. The first kappa shape index (κ1) is 15.4. The summed E-state index contributed by atoms with van der Waals surface area (Å²) in [6.45, 7) is 6.44. The van der Waals surface area contributed by atoms with E-state index in [4.69, 9.17) is 0 Å². The second kappa shape index (κ2) is 6.67. The number of nitro benzene ring substituents is 1. The zero-order chi connectivity index (χ0) is 15.4. The lowest BCUT2D eigenvalue weighted by atomic mass is 9.92. The smallest absolute Gasteiger partial charge is 0.292 e. The fraction of sp³-hybridized carbons (Fsp3) is 0.533. The van der Waals surface area contributed by atoms with E-state index in [9.17, 15) is 14.9 Å². The number of piperidine rings is 1. The lowest BCUT2D eigenvalue weighted by Gasteiger charge is -2.34. The molecule has 0 spiro atoms. The van der Waals surface area contributed by atoms with Gasteiger partial charge in [0.05, 0.1) is 11.5 Å². The Kier molecular flexibility index (Phi) is 4.90. The molecule has 1 N–H and O–H groups in total. The fourth-order valence-electron chi connectivity index (χ4n) is 3.05. The van der Waals surface area contributed by atoms with Gasteiger partial charge < -0.3 is 5.32 Å². The zero-order valence-electron chi connectivity index (χ0n) is 12.4.